The first-order valence-electron chi connectivity index (χ1n) is 14.7. The molecule has 5 nitrogen and oxygen atoms in total. The average molecular weight is 519 g/mol. The molecule has 0 radical (unpaired) electrons. The lowest BCUT2D eigenvalue weighted by molar-refractivity contribution is -0.178. The molecule has 206 valence electrons. The average Bonchev–Trinajstić information content (AvgIpc) is 2.82. The third-order valence-corrected chi connectivity index (χ3v) is 12.6. The lowest BCUT2D eigenvalue weighted by atomic mass is 9.34. The summed E-state index contributed by atoms with van der Waals surface area (Å²) in [6.45, 7) is 25.7. The number of fused-ring (bicyclic) bond motifs is 7. The van der Waals surface area contributed by atoms with Crippen LogP contribution >= 0.6 is 0 Å². The van der Waals surface area contributed by atoms with E-state index >= 15 is 0 Å². The van der Waals surface area contributed by atoms with Crippen molar-refractivity contribution in [2.24, 2.45) is 50.2 Å². The Morgan fingerprint density at radius 1 is 1.03 bits per heavy atom. The van der Waals surface area contributed by atoms with Crippen molar-refractivity contribution in [3.05, 3.63) is 34.8 Å². The molecule has 5 rings (SSSR count). The van der Waals surface area contributed by atoms with Gasteiger partial charge in [-0.1, -0.05) is 60.1 Å². The second kappa shape index (κ2) is 8.15. The minimum atomic E-state index is -0.653. The molecule has 0 aromatic carbocycles. The van der Waals surface area contributed by atoms with Crippen LogP contribution in [-0.4, -0.2) is 24.0 Å². The van der Waals surface area contributed by atoms with Gasteiger partial charge in [0.1, 0.15) is 0 Å². The third-order valence-electron chi connectivity index (χ3n) is 12.6. The van der Waals surface area contributed by atoms with Crippen LogP contribution < -0.4 is 5.32 Å². The van der Waals surface area contributed by atoms with E-state index in [1.165, 1.54) is 0 Å². The number of carbonyl (C=O) groups excluding carboxylic acids is 3. The van der Waals surface area contributed by atoms with Crippen LogP contribution in [0.25, 0.3) is 4.85 Å². The summed E-state index contributed by atoms with van der Waals surface area (Å²) in [4.78, 5) is 45.1. The zero-order valence-corrected chi connectivity index (χ0v) is 24.7. The Bertz CT molecular complexity index is 1220. The van der Waals surface area contributed by atoms with Gasteiger partial charge in [0, 0.05) is 23.3 Å². The summed E-state index contributed by atoms with van der Waals surface area (Å²) in [6, 6.07) is 0. The van der Waals surface area contributed by atoms with Crippen LogP contribution in [0.15, 0.2) is 23.4 Å². The molecule has 1 N–H and O–H groups in total. The summed E-state index contributed by atoms with van der Waals surface area (Å²) in [5, 5.41) is 3.16. The normalized spacial score (nSPS) is 44.8. The highest BCUT2D eigenvalue weighted by Crippen LogP contribution is 2.74. The molecule has 5 aliphatic carbocycles. The lowest BCUT2D eigenvalue weighted by Crippen LogP contribution is -2.66. The molecule has 0 aromatic heterocycles. The summed E-state index contributed by atoms with van der Waals surface area (Å²) in [6.07, 6.45) is 10.0. The minimum Gasteiger partial charge on any atom is -0.356 e. The van der Waals surface area contributed by atoms with E-state index < -0.39 is 16.2 Å². The zero-order valence-electron chi connectivity index (χ0n) is 24.7. The molecule has 5 aliphatic rings. The van der Waals surface area contributed by atoms with Crippen molar-refractivity contribution in [1.29, 1.82) is 0 Å². The van der Waals surface area contributed by atoms with E-state index in [-0.39, 0.29) is 57.2 Å². The van der Waals surface area contributed by atoms with Gasteiger partial charge in [0.15, 0.2) is 11.6 Å². The topological polar surface area (TPSA) is 67.6 Å². The first kappa shape index (κ1) is 27.4. The van der Waals surface area contributed by atoms with E-state index in [0.717, 1.165) is 50.5 Å². The Balaban J connectivity index is 1.69. The number of Topliss-reactive ketones (excluding diaryl/α,β-unsaturated/α-hetero) is 1. The van der Waals surface area contributed by atoms with E-state index in [4.69, 9.17) is 6.57 Å². The van der Waals surface area contributed by atoms with E-state index in [0.29, 0.717) is 6.54 Å². The number of ketones is 2. The Kier molecular flexibility index (Phi) is 5.87. The molecule has 5 heteroatoms. The maximum absolute atomic E-state index is 14.5. The minimum absolute atomic E-state index is 0.0166. The second-order valence-electron chi connectivity index (χ2n) is 15.2. The maximum Gasteiger partial charge on any atom is 0.226 e. The summed E-state index contributed by atoms with van der Waals surface area (Å²) >= 11 is 0. The number of amides is 1. The Labute approximate surface area is 229 Å². The van der Waals surface area contributed by atoms with E-state index in [1.54, 1.807) is 0 Å². The van der Waals surface area contributed by atoms with Crippen molar-refractivity contribution in [2.45, 2.75) is 100 Å². The van der Waals surface area contributed by atoms with Gasteiger partial charge in [0.05, 0.1) is 12.0 Å². The standard InChI is InChI=1S/C33H46N2O3/c1-10-35-27(38)33-15-13-28(2,3)18-20(33)25-22(36)17-24-30(6)19-21(34-9)26(37)29(4,5)23(30)11-12-31(24,7)32(25,8)14-16-33/h17,19-20,23,25H,10-16,18H2,1-8H3,(H,35,38)/t20?,23-,25?,30-,31+,32+,33-/m0/s1. The Morgan fingerprint density at radius 2 is 1.68 bits per heavy atom. The van der Waals surface area contributed by atoms with Crippen molar-refractivity contribution in [3.63, 3.8) is 0 Å². The molecule has 1 amide bonds. The maximum atomic E-state index is 14.5. The number of carbonyl (C=O) groups is 3. The van der Waals surface area contributed by atoms with Crippen LogP contribution in [0.4, 0.5) is 0 Å². The van der Waals surface area contributed by atoms with Crippen molar-refractivity contribution in [1.82, 2.24) is 5.32 Å². The fourth-order valence-corrected chi connectivity index (χ4v) is 10.3. The second-order valence-corrected chi connectivity index (χ2v) is 15.2. The van der Waals surface area contributed by atoms with E-state index in [1.807, 2.05) is 32.9 Å². The molecule has 0 aromatic rings. The molecule has 2 unspecified atom stereocenters. The van der Waals surface area contributed by atoms with Crippen molar-refractivity contribution < 1.29 is 14.4 Å². The molecule has 0 aliphatic heterocycles. The number of nitrogens with one attached hydrogen (secondary N) is 1. The predicted molar refractivity (Wildman–Crippen MR) is 149 cm³/mol. The van der Waals surface area contributed by atoms with Gasteiger partial charge in [-0.25, -0.2) is 4.85 Å². The van der Waals surface area contributed by atoms with Crippen LogP contribution in [0.5, 0.6) is 0 Å². The molecule has 0 heterocycles. The Morgan fingerprint density at radius 3 is 2.32 bits per heavy atom. The van der Waals surface area contributed by atoms with Gasteiger partial charge in [0.25, 0.3) is 0 Å². The first-order valence-corrected chi connectivity index (χ1v) is 14.7. The number of rotatable bonds is 2. The van der Waals surface area contributed by atoms with Crippen molar-refractivity contribution in [2.75, 3.05) is 6.54 Å². The van der Waals surface area contributed by atoms with E-state index in [2.05, 4.69) is 44.8 Å². The monoisotopic (exact) mass is 518 g/mol. The van der Waals surface area contributed by atoms with Crippen LogP contribution in [0, 0.1) is 56.8 Å². The van der Waals surface area contributed by atoms with Crippen LogP contribution in [-0.2, 0) is 14.4 Å². The SMILES string of the molecule is [C-]#[N+]C1=C[C@]2(C)C3=CC(=O)C4C5CC(C)(C)CC[C@]5(C(=O)NCC)CC[C@@]4(C)[C@]3(C)CC[C@H]2C(C)(C)C1=O. The molecule has 38 heavy (non-hydrogen) atoms. The zero-order chi connectivity index (χ0) is 28.1. The quantitative estimate of drug-likeness (QED) is 0.414. The number of allylic oxidation sites excluding steroid dienone is 4. The number of nitrogens with zero attached hydrogens (tertiary/aromatic N) is 1. The third kappa shape index (κ3) is 3.24. The highest BCUT2D eigenvalue weighted by Gasteiger charge is 2.70. The van der Waals surface area contributed by atoms with Gasteiger partial charge < -0.3 is 10.1 Å². The molecular formula is C33H46N2O3. The smallest absolute Gasteiger partial charge is 0.226 e. The summed E-state index contributed by atoms with van der Waals surface area (Å²) in [5.41, 5.74) is -0.758. The van der Waals surface area contributed by atoms with Gasteiger partial charge in [-0.15, -0.1) is 0 Å². The van der Waals surface area contributed by atoms with Gasteiger partial charge in [0.2, 0.25) is 11.6 Å². The van der Waals surface area contributed by atoms with Crippen LogP contribution in [0.2, 0.25) is 0 Å². The molecule has 3 fully saturated rings. The summed E-state index contributed by atoms with van der Waals surface area (Å²) < 4.78 is 0. The highest BCUT2D eigenvalue weighted by molar-refractivity contribution is 6.03. The largest absolute Gasteiger partial charge is 0.356 e. The molecule has 7 atom stereocenters. The molecular weight excluding hydrogens is 472 g/mol. The Hall–Kier alpha value is -2.22. The number of hydrogen-bond donors (Lipinski definition) is 1. The molecule has 3 saturated carbocycles. The molecule has 0 spiro atoms. The van der Waals surface area contributed by atoms with Gasteiger partial charge in [-0.05, 0) is 86.0 Å². The van der Waals surface area contributed by atoms with Crippen molar-refractivity contribution in [3.8, 4) is 0 Å². The first-order chi connectivity index (χ1) is 17.5. The summed E-state index contributed by atoms with van der Waals surface area (Å²) in [7, 11) is 0. The van der Waals surface area contributed by atoms with Gasteiger partial charge >= 0.3 is 0 Å². The summed E-state index contributed by atoms with van der Waals surface area (Å²) in [5.74, 6) is 0.0949. The van der Waals surface area contributed by atoms with E-state index in [9.17, 15) is 14.4 Å². The number of hydrogen-bond acceptors (Lipinski definition) is 3. The van der Waals surface area contributed by atoms with Gasteiger partial charge in [-0.2, -0.15) is 0 Å². The van der Waals surface area contributed by atoms with Crippen LogP contribution in [0.1, 0.15) is 100 Å². The molecule has 0 bridgehead atoms. The van der Waals surface area contributed by atoms with Crippen LogP contribution in [0.3, 0.4) is 0 Å². The van der Waals surface area contributed by atoms with Crippen molar-refractivity contribution >= 4 is 17.5 Å². The lowest BCUT2D eigenvalue weighted by Gasteiger charge is -2.69. The fraction of sp³-hybridized carbons (Fsp3) is 0.758. The fourth-order valence-electron chi connectivity index (χ4n) is 10.3. The van der Waals surface area contributed by atoms with Gasteiger partial charge in [-0.3, -0.25) is 9.59 Å². The molecule has 0 saturated heterocycles. The highest BCUT2D eigenvalue weighted by atomic mass is 16.2. The predicted octanol–water partition coefficient (Wildman–Crippen LogP) is 6.70.